The highest BCUT2D eigenvalue weighted by Crippen LogP contribution is 2.41. The fourth-order valence-electron chi connectivity index (χ4n) is 3.14. The van der Waals surface area contributed by atoms with Gasteiger partial charge in [-0.3, -0.25) is 4.79 Å². The second kappa shape index (κ2) is 6.84. The lowest BCUT2D eigenvalue weighted by Crippen LogP contribution is -2.30. The molecule has 0 bridgehead atoms. The third kappa shape index (κ3) is 3.64. The molecule has 1 saturated heterocycles. The number of hydrogen-bond donors (Lipinski definition) is 1. The monoisotopic (exact) mass is 405 g/mol. The summed E-state index contributed by atoms with van der Waals surface area (Å²) in [6.07, 6.45) is 5.29. The van der Waals surface area contributed by atoms with Crippen molar-refractivity contribution >= 4 is 38.9 Å². The van der Waals surface area contributed by atoms with Gasteiger partial charge in [-0.05, 0) is 43.4 Å². The molecule has 1 N–H and O–H groups in total. The van der Waals surface area contributed by atoms with Crippen molar-refractivity contribution in [3.8, 4) is 0 Å². The largest absolute Gasteiger partial charge is 0.371 e. The first kappa shape index (κ1) is 16.1. The van der Waals surface area contributed by atoms with Crippen LogP contribution in [-0.4, -0.2) is 30.5 Å². The van der Waals surface area contributed by atoms with Crippen LogP contribution in [0.2, 0.25) is 0 Å². The van der Waals surface area contributed by atoms with E-state index in [0.717, 1.165) is 40.4 Å². The maximum absolute atomic E-state index is 12.3. The van der Waals surface area contributed by atoms with Gasteiger partial charge in [-0.2, -0.15) is 0 Å². The maximum Gasteiger partial charge on any atom is 0.263 e. The van der Waals surface area contributed by atoms with E-state index in [1.165, 1.54) is 18.5 Å². The highest BCUT2D eigenvalue weighted by atomic mass is 79.9. The molecule has 2 aliphatic rings. The number of amides is 1. The molecule has 1 saturated carbocycles. The van der Waals surface area contributed by atoms with E-state index in [1.54, 1.807) is 17.5 Å². The number of carbonyl (C=O) groups excluding carboxylic acids is 1. The van der Waals surface area contributed by atoms with Crippen molar-refractivity contribution in [3.63, 3.8) is 0 Å². The SMILES string of the molecule is O=C(NCC1CCN(c2cccc(Br)c2)C1)c1cnc(C2CC2)s1. The average molecular weight is 406 g/mol. The molecule has 2 aromatic rings. The quantitative estimate of drug-likeness (QED) is 0.815. The molecule has 0 spiro atoms. The van der Waals surface area contributed by atoms with Crippen molar-refractivity contribution in [2.24, 2.45) is 5.92 Å². The van der Waals surface area contributed by atoms with E-state index < -0.39 is 0 Å². The van der Waals surface area contributed by atoms with Crippen molar-refractivity contribution in [1.29, 1.82) is 0 Å². The lowest BCUT2D eigenvalue weighted by Gasteiger charge is -2.19. The van der Waals surface area contributed by atoms with Gasteiger partial charge in [0.2, 0.25) is 0 Å². The second-order valence-corrected chi connectivity index (χ2v) is 8.61. The van der Waals surface area contributed by atoms with Crippen LogP contribution in [-0.2, 0) is 0 Å². The van der Waals surface area contributed by atoms with Gasteiger partial charge in [0.1, 0.15) is 4.88 Å². The predicted octanol–water partition coefficient (Wildman–Crippen LogP) is 4.04. The molecule has 1 aliphatic heterocycles. The summed E-state index contributed by atoms with van der Waals surface area (Å²) in [5, 5.41) is 4.22. The molecule has 1 amide bonds. The molecule has 0 radical (unpaired) electrons. The molecule has 126 valence electrons. The van der Waals surface area contributed by atoms with E-state index in [9.17, 15) is 4.79 Å². The molecule has 4 rings (SSSR count). The molecular weight excluding hydrogens is 386 g/mol. The lowest BCUT2D eigenvalue weighted by atomic mass is 10.1. The minimum absolute atomic E-state index is 0.0281. The summed E-state index contributed by atoms with van der Waals surface area (Å²) in [7, 11) is 0. The Morgan fingerprint density at radius 3 is 3.04 bits per heavy atom. The van der Waals surface area contributed by atoms with Crippen LogP contribution >= 0.6 is 27.3 Å². The lowest BCUT2D eigenvalue weighted by molar-refractivity contribution is 0.0952. The van der Waals surface area contributed by atoms with Gasteiger partial charge in [0, 0.05) is 35.7 Å². The number of benzene rings is 1. The van der Waals surface area contributed by atoms with E-state index >= 15 is 0 Å². The number of anilines is 1. The fraction of sp³-hybridized carbons (Fsp3) is 0.444. The van der Waals surface area contributed by atoms with Crippen molar-refractivity contribution in [3.05, 3.63) is 44.8 Å². The second-order valence-electron chi connectivity index (χ2n) is 6.63. The van der Waals surface area contributed by atoms with Crippen molar-refractivity contribution in [2.45, 2.75) is 25.2 Å². The Morgan fingerprint density at radius 1 is 1.38 bits per heavy atom. The van der Waals surface area contributed by atoms with Gasteiger partial charge in [-0.1, -0.05) is 22.0 Å². The molecule has 1 aromatic carbocycles. The number of rotatable bonds is 5. The molecule has 2 heterocycles. The first-order chi connectivity index (χ1) is 11.7. The van der Waals surface area contributed by atoms with Crippen LogP contribution in [0.25, 0.3) is 0 Å². The number of carbonyl (C=O) groups is 1. The Labute approximate surface area is 154 Å². The Bertz CT molecular complexity index is 743. The van der Waals surface area contributed by atoms with E-state index in [-0.39, 0.29) is 5.91 Å². The molecule has 24 heavy (non-hydrogen) atoms. The average Bonchev–Trinajstić information content (AvgIpc) is 3.13. The van der Waals surface area contributed by atoms with E-state index in [4.69, 9.17) is 0 Å². The highest BCUT2D eigenvalue weighted by molar-refractivity contribution is 9.10. The number of halogens is 1. The number of hydrogen-bond acceptors (Lipinski definition) is 4. The molecule has 2 fully saturated rings. The smallest absolute Gasteiger partial charge is 0.263 e. The maximum atomic E-state index is 12.3. The number of thiazole rings is 1. The molecular formula is C18H20BrN3OS. The molecule has 4 nitrogen and oxygen atoms in total. The third-order valence-electron chi connectivity index (χ3n) is 4.68. The van der Waals surface area contributed by atoms with Crippen molar-refractivity contribution < 1.29 is 4.79 Å². The van der Waals surface area contributed by atoms with E-state index in [1.807, 2.05) is 6.07 Å². The Kier molecular flexibility index (Phi) is 4.59. The fourth-order valence-corrected chi connectivity index (χ4v) is 4.53. The van der Waals surface area contributed by atoms with Crippen LogP contribution in [0.5, 0.6) is 0 Å². The Morgan fingerprint density at radius 2 is 2.25 bits per heavy atom. The number of nitrogens with one attached hydrogen (secondary N) is 1. The first-order valence-electron chi connectivity index (χ1n) is 8.43. The van der Waals surface area contributed by atoms with Gasteiger partial charge < -0.3 is 10.2 Å². The summed E-state index contributed by atoms with van der Waals surface area (Å²) in [6.45, 7) is 2.77. The van der Waals surface area contributed by atoms with Crippen LogP contribution in [0.15, 0.2) is 34.9 Å². The summed E-state index contributed by atoms with van der Waals surface area (Å²) in [5.41, 5.74) is 1.25. The minimum atomic E-state index is 0.0281. The Balaban J connectivity index is 1.29. The standard InChI is InChI=1S/C18H20BrN3OS/c19-14-2-1-3-15(8-14)22-7-6-12(11-22)9-20-17(23)16-10-21-18(24-16)13-4-5-13/h1-3,8,10,12-13H,4-7,9,11H2,(H,20,23). The minimum Gasteiger partial charge on any atom is -0.371 e. The van der Waals surface area contributed by atoms with Crippen LogP contribution < -0.4 is 10.2 Å². The van der Waals surface area contributed by atoms with Gasteiger partial charge in [-0.25, -0.2) is 4.98 Å². The first-order valence-corrected chi connectivity index (χ1v) is 10.0. The molecule has 1 aromatic heterocycles. The summed E-state index contributed by atoms with van der Waals surface area (Å²) < 4.78 is 1.11. The van der Waals surface area contributed by atoms with E-state index in [2.05, 4.69) is 49.3 Å². The van der Waals surface area contributed by atoms with Gasteiger partial charge in [0.05, 0.1) is 11.2 Å². The summed E-state index contributed by atoms with van der Waals surface area (Å²) in [6, 6.07) is 8.40. The van der Waals surface area contributed by atoms with E-state index in [0.29, 0.717) is 11.8 Å². The molecule has 1 aliphatic carbocycles. The van der Waals surface area contributed by atoms with Gasteiger partial charge in [-0.15, -0.1) is 11.3 Å². The number of aromatic nitrogens is 1. The third-order valence-corrected chi connectivity index (χ3v) is 6.34. The molecule has 1 unspecified atom stereocenters. The van der Waals surface area contributed by atoms with Crippen LogP contribution in [0.3, 0.4) is 0 Å². The zero-order valence-electron chi connectivity index (χ0n) is 13.4. The molecule has 6 heteroatoms. The van der Waals surface area contributed by atoms with Crippen molar-refractivity contribution in [1.82, 2.24) is 10.3 Å². The van der Waals surface area contributed by atoms with Crippen LogP contribution in [0.4, 0.5) is 5.69 Å². The summed E-state index contributed by atoms with van der Waals surface area (Å²) >= 11 is 5.08. The zero-order chi connectivity index (χ0) is 16.5. The van der Waals surface area contributed by atoms with Crippen LogP contribution in [0, 0.1) is 5.92 Å². The van der Waals surface area contributed by atoms with Gasteiger partial charge in [0.25, 0.3) is 5.91 Å². The normalized spacial score (nSPS) is 20.4. The molecule has 1 atom stereocenters. The topological polar surface area (TPSA) is 45.2 Å². The summed E-state index contributed by atoms with van der Waals surface area (Å²) in [5.74, 6) is 1.15. The predicted molar refractivity (Wildman–Crippen MR) is 101 cm³/mol. The Hall–Kier alpha value is -1.40. The van der Waals surface area contributed by atoms with Crippen molar-refractivity contribution in [2.75, 3.05) is 24.5 Å². The van der Waals surface area contributed by atoms with Crippen LogP contribution in [0.1, 0.15) is 39.9 Å². The van der Waals surface area contributed by atoms with Gasteiger partial charge in [0.15, 0.2) is 0 Å². The zero-order valence-corrected chi connectivity index (χ0v) is 15.8. The van der Waals surface area contributed by atoms with Gasteiger partial charge >= 0.3 is 0 Å². The summed E-state index contributed by atoms with van der Waals surface area (Å²) in [4.78, 5) is 19.8. The number of nitrogens with zero attached hydrogens (tertiary/aromatic N) is 2. The highest BCUT2D eigenvalue weighted by Gasteiger charge is 2.28.